The van der Waals surface area contributed by atoms with Crippen molar-refractivity contribution < 1.29 is 28.2 Å². The molecule has 0 radical (unpaired) electrons. The molecule has 36 heavy (non-hydrogen) atoms. The Hall–Kier alpha value is -4.37. The number of amides is 1. The lowest BCUT2D eigenvalue weighted by atomic mass is 9.95. The zero-order valence-electron chi connectivity index (χ0n) is 18.7. The van der Waals surface area contributed by atoms with E-state index in [0.29, 0.717) is 28.1 Å². The first kappa shape index (κ1) is 23.4. The standard InChI is InChI=1S/C27H18F2N2O4S/c1-2-13-35-19-10-5-15(6-11-19)23-22(24(32)16-3-7-17(28)8-4-16)25(33)26(34)31(23)27-30-20-12-9-18(29)14-21(20)36-27/h2-12,14,23,32H,1,13H2/t23-/m0/s1. The highest BCUT2D eigenvalue weighted by atomic mass is 32.1. The highest BCUT2D eigenvalue weighted by Crippen LogP contribution is 2.44. The number of anilines is 1. The van der Waals surface area contributed by atoms with Crippen molar-refractivity contribution >= 4 is 44.1 Å². The van der Waals surface area contributed by atoms with Gasteiger partial charge in [0.25, 0.3) is 5.78 Å². The summed E-state index contributed by atoms with van der Waals surface area (Å²) >= 11 is 1.05. The highest BCUT2D eigenvalue weighted by molar-refractivity contribution is 7.22. The molecule has 1 amide bonds. The minimum Gasteiger partial charge on any atom is -0.507 e. The molecule has 1 fully saturated rings. The zero-order chi connectivity index (χ0) is 25.4. The van der Waals surface area contributed by atoms with Crippen LogP contribution in [0.25, 0.3) is 16.0 Å². The van der Waals surface area contributed by atoms with E-state index in [0.717, 1.165) is 23.5 Å². The predicted molar refractivity (Wildman–Crippen MR) is 133 cm³/mol. The molecule has 2 heterocycles. The smallest absolute Gasteiger partial charge is 0.301 e. The normalized spacial score (nSPS) is 17.1. The number of ketones is 1. The minimum atomic E-state index is -1.03. The second kappa shape index (κ2) is 9.35. The number of carbonyl (C=O) groups excluding carboxylic acids is 2. The first-order valence-electron chi connectivity index (χ1n) is 10.8. The molecule has 6 nitrogen and oxygen atoms in total. The van der Waals surface area contributed by atoms with E-state index in [-0.39, 0.29) is 16.3 Å². The van der Waals surface area contributed by atoms with E-state index in [2.05, 4.69) is 11.6 Å². The first-order valence-corrected chi connectivity index (χ1v) is 11.7. The Morgan fingerprint density at radius 3 is 2.44 bits per heavy atom. The van der Waals surface area contributed by atoms with Crippen LogP contribution in [-0.4, -0.2) is 28.4 Å². The average Bonchev–Trinajstić information content (AvgIpc) is 3.40. The second-order valence-electron chi connectivity index (χ2n) is 7.95. The van der Waals surface area contributed by atoms with Crippen molar-refractivity contribution in [1.29, 1.82) is 0 Å². The number of fused-ring (bicyclic) bond motifs is 1. The Balaban J connectivity index is 1.68. The van der Waals surface area contributed by atoms with Crippen molar-refractivity contribution in [3.05, 3.63) is 108 Å². The SMILES string of the molecule is C=CCOc1ccc([C@H]2C(=C(O)c3ccc(F)cc3)C(=O)C(=O)N2c2nc3ccc(F)cc3s2)cc1. The minimum absolute atomic E-state index is 0.170. The summed E-state index contributed by atoms with van der Waals surface area (Å²) in [5.74, 6) is -2.68. The van der Waals surface area contributed by atoms with Crippen molar-refractivity contribution in [3.63, 3.8) is 0 Å². The molecule has 1 N–H and O–H groups in total. The summed E-state index contributed by atoms with van der Waals surface area (Å²) in [6.07, 6.45) is 1.60. The van der Waals surface area contributed by atoms with Gasteiger partial charge in [0.05, 0.1) is 21.8 Å². The van der Waals surface area contributed by atoms with Gasteiger partial charge in [0.15, 0.2) is 5.13 Å². The Morgan fingerprint density at radius 1 is 1.06 bits per heavy atom. The lowest BCUT2D eigenvalue weighted by Gasteiger charge is -2.23. The third-order valence-corrected chi connectivity index (χ3v) is 6.69. The number of thiazole rings is 1. The zero-order valence-corrected chi connectivity index (χ0v) is 19.5. The largest absolute Gasteiger partial charge is 0.507 e. The van der Waals surface area contributed by atoms with Crippen LogP contribution in [0.1, 0.15) is 17.2 Å². The van der Waals surface area contributed by atoms with Gasteiger partial charge in [0.1, 0.15) is 29.8 Å². The second-order valence-corrected chi connectivity index (χ2v) is 8.96. The van der Waals surface area contributed by atoms with Crippen molar-refractivity contribution in [2.45, 2.75) is 6.04 Å². The number of aliphatic hydroxyl groups is 1. The molecule has 9 heteroatoms. The van der Waals surface area contributed by atoms with Crippen molar-refractivity contribution in [1.82, 2.24) is 4.98 Å². The van der Waals surface area contributed by atoms with Crippen LogP contribution in [0.2, 0.25) is 0 Å². The number of nitrogens with zero attached hydrogens (tertiary/aromatic N) is 2. The van der Waals surface area contributed by atoms with E-state index in [1.165, 1.54) is 35.2 Å². The molecule has 0 unspecified atom stereocenters. The number of carbonyl (C=O) groups is 2. The van der Waals surface area contributed by atoms with Crippen LogP contribution in [0.4, 0.5) is 13.9 Å². The molecule has 1 aliphatic rings. The summed E-state index contributed by atoms with van der Waals surface area (Å²) < 4.78 is 33.3. The lowest BCUT2D eigenvalue weighted by molar-refractivity contribution is -0.132. The van der Waals surface area contributed by atoms with Crippen LogP contribution in [-0.2, 0) is 9.59 Å². The summed E-state index contributed by atoms with van der Waals surface area (Å²) in [7, 11) is 0. The van der Waals surface area contributed by atoms with Crippen LogP contribution in [0, 0.1) is 11.6 Å². The topological polar surface area (TPSA) is 79.7 Å². The molecular formula is C27H18F2N2O4S. The van der Waals surface area contributed by atoms with Crippen LogP contribution in [0.3, 0.4) is 0 Å². The molecule has 0 bridgehead atoms. The molecule has 1 aromatic heterocycles. The maximum atomic E-state index is 13.8. The molecular weight excluding hydrogens is 486 g/mol. The molecule has 3 aromatic carbocycles. The summed E-state index contributed by atoms with van der Waals surface area (Å²) in [6.45, 7) is 3.91. The fourth-order valence-electron chi connectivity index (χ4n) is 4.00. The third-order valence-electron chi connectivity index (χ3n) is 5.67. The van der Waals surface area contributed by atoms with Gasteiger partial charge in [0.2, 0.25) is 0 Å². The summed E-state index contributed by atoms with van der Waals surface area (Å²) in [5, 5.41) is 11.3. The Labute approximate surface area is 208 Å². The maximum absolute atomic E-state index is 13.8. The first-order chi connectivity index (χ1) is 17.4. The van der Waals surface area contributed by atoms with E-state index in [9.17, 15) is 23.5 Å². The number of aliphatic hydroxyl groups excluding tert-OH is 1. The number of benzene rings is 3. The van der Waals surface area contributed by atoms with Gasteiger partial charge in [-0.1, -0.05) is 36.1 Å². The van der Waals surface area contributed by atoms with E-state index in [1.807, 2.05) is 0 Å². The van der Waals surface area contributed by atoms with Gasteiger partial charge in [-0.15, -0.1) is 0 Å². The fraction of sp³-hybridized carbons (Fsp3) is 0.0741. The number of hydrogen-bond acceptors (Lipinski definition) is 6. The van der Waals surface area contributed by atoms with Crippen LogP contribution in [0.5, 0.6) is 5.75 Å². The molecule has 5 rings (SSSR count). The van der Waals surface area contributed by atoms with E-state index >= 15 is 0 Å². The summed E-state index contributed by atoms with van der Waals surface area (Å²) in [5.41, 5.74) is 0.978. The highest BCUT2D eigenvalue weighted by Gasteiger charge is 2.48. The number of halogens is 2. The van der Waals surface area contributed by atoms with E-state index in [4.69, 9.17) is 4.74 Å². The van der Waals surface area contributed by atoms with E-state index < -0.39 is 35.1 Å². The Bertz CT molecular complexity index is 1530. The number of ether oxygens (including phenoxy) is 1. The van der Waals surface area contributed by atoms with Gasteiger partial charge in [-0.25, -0.2) is 13.8 Å². The third kappa shape index (κ3) is 4.14. The fourth-order valence-corrected chi connectivity index (χ4v) is 5.02. The average molecular weight is 505 g/mol. The molecule has 0 saturated carbocycles. The monoisotopic (exact) mass is 504 g/mol. The van der Waals surface area contributed by atoms with Crippen LogP contribution >= 0.6 is 11.3 Å². The predicted octanol–water partition coefficient (Wildman–Crippen LogP) is 5.77. The lowest BCUT2D eigenvalue weighted by Crippen LogP contribution is -2.29. The quantitative estimate of drug-likeness (QED) is 0.156. The molecule has 0 aliphatic carbocycles. The maximum Gasteiger partial charge on any atom is 0.301 e. The van der Waals surface area contributed by atoms with E-state index in [1.54, 1.807) is 30.3 Å². The van der Waals surface area contributed by atoms with Crippen LogP contribution < -0.4 is 9.64 Å². The number of hydrogen-bond donors (Lipinski definition) is 1. The molecule has 1 atom stereocenters. The molecule has 1 aliphatic heterocycles. The summed E-state index contributed by atoms with van der Waals surface area (Å²) in [6, 6.07) is 14.6. The summed E-state index contributed by atoms with van der Waals surface area (Å²) in [4.78, 5) is 32.1. The number of Topliss-reactive ketones (excluding diaryl/α,β-unsaturated/α-hetero) is 1. The molecule has 1 saturated heterocycles. The Morgan fingerprint density at radius 2 is 1.75 bits per heavy atom. The molecule has 180 valence electrons. The number of rotatable bonds is 6. The van der Waals surface area contributed by atoms with Gasteiger partial charge in [-0.2, -0.15) is 0 Å². The van der Waals surface area contributed by atoms with Crippen molar-refractivity contribution in [2.75, 3.05) is 11.5 Å². The number of aromatic nitrogens is 1. The van der Waals surface area contributed by atoms with Gasteiger partial charge in [-0.3, -0.25) is 14.5 Å². The van der Waals surface area contributed by atoms with Gasteiger partial charge >= 0.3 is 5.91 Å². The van der Waals surface area contributed by atoms with Gasteiger partial charge in [0, 0.05) is 5.56 Å². The molecule has 0 spiro atoms. The van der Waals surface area contributed by atoms with Gasteiger partial charge < -0.3 is 9.84 Å². The molecule has 4 aromatic rings. The van der Waals surface area contributed by atoms with Crippen molar-refractivity contribution in [2.24, 2.45) is 0 Å². The van der Waals surface area contributed by atoms with Gasteiger partial charge in [-0.05, 0) is 60.2 Å². The van der Waals surface area contributed by atoms with Crippen LogP contribution in [0.15, 0.2) is 85.0 Å². The Kier molecular flexibility index (Phi) is 6.07. The van der Waals surface area contributed by atoms with Crippen molar-refractivity contribution in [3.8, 4) is 5.75 Å².